The first-order chi connectivity index (χ1) is 9.65. The van der Waals surface area contributed by atoms with Crippen molar-refractivity contribution in [1.29, 1.82) is 0 Å². The van der Waals surface area contributed by atoms with Gasteiger partial charge in [-0.2, -0.15) is 0 Å². The van der Waals surface area contributed by atoms with E-state index in [1.54, 1.807) is 24.4 Å². The summed E-state index contributed by atoms with van der Waals surface area (Å²) in [6.07, 6.45) is 1.60. The Morgan fingerprint density at radius 1 is 1.15 bits per heavy atom. The van der Waals surface area contributed by atoms with E-state index in [-0.39, 0.29) is 0 Å². The Labute approximate surface area is 129 Å². The van der Waals surface area contributed by atoms with E-state index in [0.717, 1.165) is 15.4 Å². The van der Waals surface area contributed by atoms with Crippen molar-refractivity contribution in [2.75, 3.05) is 5.73 Å². The summed E-state index contributed by atoms with van der Waals surface area (Å²) in [6.45, 7) is 0. The highest BCUT2D eigenvalue weighted by Gasteiger charge is 2.11. The lowest BCUT2D eigenvalue weighted by Crippen LogP contribution is -1.95. The van der Waals surface area contributed by atoms with Crippen molar-refractivity contribution in [2.45, 2.75) is 0 Å². The van der Waals surface area contributed by atoms with Crippen molar-refractivity contribution >= 4 is 44.1 Å². The molecule has 3 rings (SSSR count). The molecular formula is C15H10BrClN2O. The first-order valence-corrected chi connectivity index (χ1v) is 7.08. The summed E-state index contributed by atoms with van der Waals surface area (Å²) in [5, 5.41) is 1.51. The van der Waals surface area contributed by atoms with Crippen LogP contribution in [0.2, 0.25) is 5.02 Å². The quantitative estimate of drug-likeness (QED) is 0.706. The summed E-state index contributed by atoms with van der Waals surface area (Å²) in [5.41, 5.74) is 7.31. The van der Waals surface area contributed by atoms with Crippen LogP contribution in [0.1, 0.15) is 0 Å². The highest BCUT2D eigenvalue weighted by Crippen LogP contribution is 2.37. The molecule has 0 amide bonds. The molecular weight excluding hydrogens is 340 g/mol. The summed E-state index contributed by atoms with van der Waals surface area (Å²) >= 11 is 9.35. The number of rotatable bonds is 2. The summed E-state index contributed by atoms with van der Waals surface area (Å²) in [4.78, 5) is 4.28. The molecule has 0 unspecified atom stereocenters. The van der Waals surface area contributed by atoms with Crippen LogP contribution in [0.3, 0.4) is 0 Å². The lowest BCUT2D eigenvalue weighted by Gasteiger charge is -2.12. The summed E-state index contributed by atoms with van der Waals surface area (Å²) in [6, 6.07) is 13.0. The monoisotopic (exact) mass is 348 g/mol. The minimum absolute atomic E-state index is 0.491. The van der Waals surface area contributed by atoms with Crippen LogP contribution in [-0.4, -0.2) is 4.98 Å². The van der Waals surface area contributed by atoms with Crippen LogP contribution in [0.4, 0.5) is 5.69 Å². The third kappa shape index (κ3) is 2.44. The molecule has 0 aliphatic heterocycles. The number of nitrogen functional groups attached to an aromatic ring is 1. The molecule has 0 atom stereocenters. The largest absolute Gasteiger partial charge is 0.453 e. The Morgan fingerprint density at radius 3 is 2.75 bits per heavy atom. The second-order valence-corrected chi connectivity index (χ2v) is 5.53. The fourth-order valence-corrected chi connectivity index (χ4v) is 2.68. The first kappa shape index (κ1) is 13.2. The van der Waals surface area contributed by atoms with Gasteiger partial charge in [0.25, 0.3) is 0 Å². The Morgan fingerprint density at radius 2 is 1.95 bits per heavy atom. The second kappa shape index (κ2) is 5.31. The molecule has 3 aromatic rings. The average molecular weight is 350 g/mol. The molecule has 0 saturated carbocycles. The zero-order valence-corrected chi connectivity index (χ0v) is 12.6. The standard InChI is InChI=1S/C15H10BrClN2O/c16-11-7-9(17)5-6-14(11)20-15-10-3-1-2-4-13(10)19-8-12(15)18/h1-8H,18H2. The van der Waals surface area contributed by atoms with E-state index in [1.165, 1.54) is 0 Å². The minimum atomic E-state index is 0.491. The number of fused-ring (bicyclic) bond motifs is 1. The molecule has 20 heavy (non-hydrogen) atoms. The molecule has 0 aliphatic carbocycles. The van der Waals surface area contributed by atoms with E-state index >= 15 is 0 Å². The maximum absolute atomic E-state index is 5.99. The van der Waals surface area contributed by atoms with Gasteiger partial charge in [0.15, 0.2) is 5.75 Å². The molecule has 1 heterocycles. The molecule has 100 valence electrons. The number of benzene rings is 2. The Bertz CT molecular complexity index is 792. The molecule has 2 N–H and O–H groups in total. The number of anilines is 1. The maximum Gasteiger partial charge on any atom is 0.161 e. The van der Waals surface area contributed by atoms with Gasteiger partial charge in [0.05, 0.1) is 21.9 Å². The van der Waals surface area contributed by atoms with Crippen LogP contribution in [0.15, 0.2) is 53.1 Å². The van der Waals surface area contributed by atoms with Crippen molar-refractivity contribution in [1.82, 2.24) is 4.98 Å². The number of nitrogens with two attached hydrogens (primary N) is 1. The Hall–Kier alpha value is -1.78. The number of aromatic nitrogens is 1. The normalized spacial score (nSPS) is 10.7. The van der Waals surface area contributed by atoms with Crippen LogP contribution in [0.25, 0.3) is 10.9 Å². The summed E-state index contributed by atoms with van der Waals surface area (Å²) in [5.74, 6) is 1.25. The Balaban J connectivity index is 2.12. The first-order valence-electron chi connectivity index (χ1n) is 5.91. The third-order valence-corrected chi connectivity index (χ3v) is 3.71. The van der Waals surface area contributed by atoms with Gasteiger partial charge in [-0.1, -0.05) is 23.7 Å². The van der Waals surface area contributed by atoms with E-state index in [9.17, 15) is 0 Å². The lowest BCUT2D eigenvalue weighted by atomic mass is 10.2. The number of halogens is 2. The molecule has 0 radical (unpaired) electrons. The zero-order valence-electron chi connectivity index (χ0n) is 10.3. The predicted octanol–water partition coefficient (Wildman–Crippen LogP) is 5.03. The van der Waals surface area contributed by atoms with Gasteiger partial charge >= 0.3 is 0 Å². The van der Waals surface area contributed by atoms with E-state index in [4.69, 9.17) is 22.1 Å². The van der Waals surface area contributed by atoms with Crippen LogP contribution in [-0.2, 0) is 0 Å². The highest BCUT2D eigenvalue weighted by molar-refractivity contribution is 9.10. The van der Waals surface area contributed by atoms with Gasteiger partial charge < -0.3 is 10.5 Å². The highest BCUT2D eigenvalue weighted by atomic mass is 79.9. The fraction of sp³-hybridized carbons (Fsp3) is 0. The number of ether oxygens (including phenoxy) is 1. The molecule has 5 heteroatoms. The maximum atomic E-state index is 5.99. The minimum Gasteiger partial charge on any atom is -0.453 e. The van der Waals surface area contributed by atoms with Gasteiger partial charge in [0.2, 0.25) is 0 Å². The fourth-order valence-electron chi connectivity index (χ4n) is 1.91. The number of para-hydroxylation sites is 1. The summed E-state index contributed by atoms with van der Waals surface area (Å²) < 4.78 is 6.71. The molecule has 2 aromatic carbocycles. The SMILES string of the molecule is Nc1cnc2ccccc2c1Oc1ccc(Cl)cc1Br. The van der Waals surface area contributed by atoms with Gasteiger partial charge in [-0.3, -0.25) is 4.98 Å². The zero-order chi connectivity index (χ0) is 14.1. The number of nitrogens with zero attached hydrogens (tertiary/aromatic N) is 1. The van der Waals surface area contributed by atoms with Crippen LogP contribution in [0.5, 0.6) is 11.5 Å². The smallest absolute Gasteiger partial charge is 0.161 e. The van der Waals surface area contributed by atoms with Gasteiger partial charge in [0, 0.05) is 10.4 Å². The van der Waals surface area contributed by atoms with Crippen LogP contribution >= 0.6 is 27.5 Å². The van der Waals surface area contributed by atoms with Gasteiger partial charge in [0.1, 0.15) is 5.75 Å². The lowest BCUT2D eigenvalue weighted by molar-refractivity contribution is 0.487. The van der Waals surface area contributed by atoms with E-state index in [2.05, 4.69) is 20.9 Å². The number of pyridine rings is 1. The number of hydrogen-bond acceptors (Lipinski definition) is 3. The van der Waals surface area contributed by atoms with Crippen molar-refractivity contribution < 1.29 is 4.74 Å². The predicted molar refractivity (Wildman–Crippen MR) is 85.4 cm³/mol. The van der Waals surface area contributed by atoms with E-state index < -0.39 is 0 Å². The topological polar surface area (TPSA) is 48.1 Å². The summed E-state index contributed by atoms with van der Waals surface area (Å²) in [7, 11) is 0. The Kier molecular flexibility index (Phi) is 3.51. The van der Waals surface area contributed by atoms with Crippen LogP contribution < -0.4 is 10.5 Å². The molecule has 0 fully saturated rings. The van der Waals surface area contributed by atoms with Crippen molar-refractivity contribution in [3.05, 3.63) is 58.2 Å². The second-order valence-electron chi connectivity index (χ2n) is 4.24. The molecule has 0 aliphatic rings. The molecule has 0 spiro atoms. The average Bonchev–Trinajstić information content (AvgIpc) is 2.44. The third-order valence-electron chi connectivity index (χ3n) is 2.86. The van der Waals surface area contributed by atoms with E-state index in [1.807, 2.05) is 24.3 Å². The molecule has 3 nitrogen and oxygen atoms in total. The molecule has 0 bridgehead atoms. The van der Waals surface area contributed by atoms with E-state index in [0.29, 0.717) is 22.2 Å². The van der Waals surface area contributed by atoms with Gasteiger partial charge in [-0.05, 0) is 46.3 Å². The van der Waals surface area contributed by atoms with Crippen LogP contribution in [0, 0.1) is 0 Å². The number of hydrogen-bond donors (Lipinski definition) is 1. The van der Waals surface area contributed by atoms with Crippen molar-refractivity contribution in [2.24, 2.45) is 0 Å². The van der Waals surface area contributed by atoms with Gasteiger partial charge in [-0.15, -0.1) is 0 Å². The van der Waals surface area contributed by atoms with Crippen molar-refractivity contribution in [3.63, 3.8) is 0 Å². The van der Waals surface area contributed by atoms with Crippen molar-refractivity contribution in [3.8, 4) is 11.5 Å². The molecule has 0 saturated heterocycles. The molecule has 1 aromatic heterocycles. The van der Waals surface area contributed by atoms with Gasteiger partial charge in [-0.25, -0.2) is 0 Å².